The maximum absolute atomic E-state index is 12.3. The normalized spacial score (nSPS) is 10.9. The highest BCUT2D eigenvalue weighted by molar-refractivity contribution is 5.91. The number of hydrogen-bond acceptors (Lipinski definition) is 4. The third-order valence-corrected chi connectivity index (χ3v) is 4.15. The molecule has 2 N–H and O–H groups in total. The molecular weight excluding hydrogens is 346 g/mol. The fourth-order valence-electron chi connectivity index (χ4n) is 2.89. The fourth-order valence-corrected chi connectivity index (χ4v) is 2.89. The summed E-state index contributed by atoms with van der Waals surface area (Å²) in [6.07, 6.45) is 0.964. The summed E-state index contributed by atoms with van der Waals surface area (Å²) >= 11 is 0. The van der Waals surface area contributed by atoms with Crippen molar-refractivity contribution in [2.75, 3.05) is 11.9 Å². The van der Waals surface area contributed by atoms with Gasteiger partial charge in [0, 0.05) is 30.4 Å². The van der Waals surface area contributed by atoms with Gasteiger partial charge in [-0.15, -0.1) is 0 Å². The Kier molecular flexibility index (Phi) is 6.98. The summed E-state index contributed by atoms with van der Waals surface area (Å²) in [7, 11) is 0. The number of aromatic nitrogens is 2. The number of aliphatic carboxylic acids is 1. The first kappa shape index (κ1) is 20.5. The van der Waals surface area contributed by atoms with Crippen molar-refractivity contribution in [3.8, 4) is 5.75 Å². The molecule has 146 valence electrons. The maximum atomic E-state index is 12.3. The zero-order chi connectivity index (χ0) is 20.0. The Morgan fingerprint density at radius 3 is 2.70 bits per heavy atom. The van der Waals surface area contributed by atoms with E-state index in [-0.39, 0.29) is 5.91 Å². The van der Waals surface area contributed by atoms with Crippen LogP contribution in [0.3, 0.4) is 0 Å². The standard InChI is InChI=1S/C20H27N3O4/c1-13(2)11-23-15(4)18(14(3)22-23)8-9-19(24)21-16-6-5-7-17(10-16)27-12-20(25)26/h5-7,10,13H,8-9,11-12H2,1-4H3,(H,21,24)(H,25,26). The number of nitrogens with one attached hydrogen (secondary N) is 1. The van der Waals surface area contributed by atoms with Crippen molar-refractivity contribution in [3.63, 3.8) is 0 Å². The molecule has 0 aliphatic heterocycles. The molecule has 0 fully saturated rings. The highest BCUT2D eigenvalue weighted by Crippen LogP contribution is 2.19. The largest absolute Gasteiger partial charge is 0.482 e. The van der Waals surface area contributed by atoms with Crippen molar-refractivity contribution >= 4 is 17.6 Å². The zero-order valence-electron chi connectivity index (χ0n) is 16.3. The number of carboxylic acids is 1. The Morgan fingerprint density at radius 2 is 2.04 bits per heavy atom. The SMILES string of the molecule is Cc1nn(CC(C)C)c(C)c1CCC(=O)Nc1cccc(OCC(=O)O)c1. The van der Waals surface area contributed by atoms with E-state index in [1.807, 2.05) is 18.5 Å². The number of rotatable bonds is 9. The molecule has 2 rings (SSSR count). The highest BCUT2D eigenvalue weighted by Gasteiger charge is 2.14. The minimum Gasteiger partial charge on any atom is -0.482 e. The number of hydrogen-bond donors (Lipinski definition) is 2. The van der Waals surface area contributed by atoms with Crippen molar-refractivity contribution in [1.29, 1.82) is 0 Å². The summed E-state index contributed by atoms with van der Waals surface area (Å²) in [4.78, 5) is 22.9. The Balaban J connectivity index is 1.94. The van der Waals surface area contributed by atoms with Crippen LogP contribution in [0.25, 0.3) is 0 Å². The number of carbonyl (C=O) groups is 2. The minimum atomic E-state index is -1.05. The van der Waals surface area contributed by atoms with Crippen LogP contribution in [0.1, 0.15) is 37.2 Å². The number of carboxylic acid groups (broad SMARTS) is 1. The van der Waals surface area contributed by atoms with E-state index in [9.17, 15) is 9.59 Å². The lowest BCUT2D eigenvalue weighted by molar-refractivity contribution is -0.139. The molecule has 0 spiro atoms. The molecule has 1 aromatic carbocycles. The van der Waals surface area contributed by atoms with Crippen LogP contribution in [0.4, 0.5) is 5.69 Å². The number of aryl methyl sites for hydroxylation is 1. The molecule has 0 atom stereocenters. The molecule has 0 aliphatic rings. The molecule has 7 nitrogen and oxygen atoms in total. The van der Waals surface area contributed by atoms with E-state index < -0.39 is 12.6 Å². The van der Waals surface area contributed by atoms with Crippen molar-refractivity contribution in [3.05, 3.63) is 41.2 Å². The highest BCUT2D eigenvalue weighted by atomic mass is 16.5. The van der Waals surface area contributed by atoms with Crippen LogP contribution >= 0.6 is 0 Å². The van der Waals surface area contributed by atoms with Crippen molar-refractivity contribution in [2.24, 2.45) is 5.92 Å². The molecule has 0 aliphatic carbocycles. The summed E-state index contributed by atoms with van der Waals surface area (Å²) in [6.45, 7) is 8.76. The lowest BCUT2D eigenvalue weighted by Gasteiger charge is -2.09. The molecule has 7 heteroatoms. The molecule has 27 heavy (non-hydrogen) atoms. The molecule has 0 radical (unpaired) electrons. The van der Waals surface area contributed by atoms with E-state index in [0.29, 0.717) is 30.2 Å². The second-order valence-electron chi connectivity index (χ2n) is 6.98. The smallest absolute Gasteiger partial charge is 0.341 e. The number of nitrogens with zero attached hydrogens (tertiary/aromatic N) is 2. The quantitative estimate of drug-likeness (QED) is 0.704. The average Bonchev–Trinajstić information content (AvgIpc) is 2.84. The Morgan fingerprint density at radius 1 is 1.30 bits per heavy atom. The number of amides is 1. The van der Waals surface area contributed by atoms with Gasteiger partial charge in [0.15, 0.2) is 6.61 Å². The predicted molar refractivity (Wildman–Crippen MR) is 103 cm³/mol. The molecule has 2 aromatic rings. The Hall–Kier alpha value is -2.83. The minimum absolute atomic E-state index is 0.110. The molecular formula is C20H27N3O4. The van der Waals surface area contributed by atoms with Crippen molar-refractivity contribution < 1.29 is 19.4 Å². The van der Waals surface area contributed by atoms with Crippen LogP contribution in [-0.4, -0.2) is 33.4 Å². The van der Waals surface area contributed by atoms with Gasteiger partial charge in [0.25, 0.3) is 0 Å². The fraction of sp³-hybridized carbons (Fsp3) is 0.450. The zero-order valence-corrected chi connectivity index (χ0v) is 16.3. The second-order valence-corrected chi connectivity index (χ2v) is 6.98. The van der Waals surface area contributed by atoms with Gasteiger partial charge in [0.2, 0.25) is 5.91 Å². The molecule has 0 unspecified atom stereocenters. The van der Waals surface area contributed by atoms with Gasteiger partial charge < -0.3 is 15.2 Å². The average molecular weight is 373 g/mol. The predicted octanol–water partition coefficient (Wildman–Crippen LogP) is 3.19. The van der Waals surface area contributed by atoms with E-state index in [0.717, 1.165) is 23.5 Å². The van der Waals surface area contributed by atoms with Crippen molar-refractivity contribution in [1.82, 2.24) is 9.78 Å². The van der Waals surface area contributed by atoms with Crippen LogP contribution in [0.2, 0.25) is 0 Å². The first-order valence-corrected chi connectivity index (χ1v) is 9.03. The van der Waals surface area contributed by atoms with Crippen LogP contribution < -0.4 is 10.1 Å². The maximum Gasteiger partial charge on any atom is 0.341 e. The topological polar surface area (TPSA) is 93.5 Å². The van der Waals surface area contributed by atoms with E-state index in [1.54, 1.807) is 24.3 Å². The van der Waals surface area contributed by atoms with Gasteiger partial charge in [0.05, 0.1) is 5.69 Å². The molecule has 0 saturated carbocycles. The van der Waals surface area contributed by atoms with E-state index >= 15 is 0 Å². The monoisotopic (exact) mass is 373 g/mol. The van der Waals surface area contributed by atoms with Gasteiger partial charge >= 0.3 is 5.97 Å². The third kappa shape index (κ3) is 6.13. The Labute approximate surface area is 159 Å². The second kappa shape index (κ2) is 9.21. The Bertz CT molecular complexity index is 812. The first-order valence-electron chi connectivity index (χ1n) is 9.03. The summed E-state index contributed by atoms with van der Waals surface area (Å²) in [5.74, 6) is -0.249. The summed E-state index contributed by atoms with van der Waals surface area (Å²) in [5.41, 5.74) is 3.76. The molecule has 1 amide bonds. The van der Waals surface area contributed by atoms with Gasteiger partial charge in [-0.2, -0.15) is 5.10 Å². The molecule has 0 saturated heterocycles. The molecule has 1 heterocycles. The lowest BCUT2D eigenvalue weighted by atomic mass is 10.1. The van der Waals surface area contributed by atoms with Gasteiger partial charge in [-0.25, -0.2) is 4.79 Å². The van der Waals surface area contributed by atoms with Gasteiger partial charge in [-0.1, -0.05) is 19.9 Å². The van der Waals surface area contributed by atoms with Gasteiger partial charge in [0.1, 0.15) is 5.75 Å². The number of carbonyl (C=O) groups excluding carboxylic acids is 1. The molecule has 0 bridgehead atoms. The van der Waals surface area contributed by atoms with E-state index in [2.05, 4.69) is 24.3 Å². The van der Waals surface area contributed by atoms with E-state index in [1.165, 1.54) is 0 Å². The van der Waals surface area contributed by atoms with Crippen LogP contribution in [0.15, 0.2) is 24.3 Å². The van der Waals surface area contributed by atoms with E-state index in [4.69, 9.17) is 9.84 Å². The third-order valence-electron chi connectivity index (χ3n) is 4.15. The number of anilines is 1. The molecule has 1 aromatic heterocycles. The summed E-state index contributed by atoms with van der Waals surface area (Å²) in [5, 5.41) is 16.1. The summed E-state index contributed by atoms with van der Waals surface area (Å²) in [6, 6.07) is 6.70. The lowest BCUT2D eigenvalue weighted by Crippen LogP contribution is -2.13. The first-order chi connectivity index (χ1) is 12.8. The summed E-state index contributed by atoms with van der Waals surface area (Å²) < 4.78 is 7.13. The van der Waals surface area contributed by atoms with Crippen LogP contribution in [0, 0.1) is 19.8 Å². The van der Waals surface area contributed by atoms with Crippen LogP contribution in [0.5, 0.6) is 5.75 Å². The van der Waals surface area contributed by atoms with Gasteiger partial charge in [-0.05, 0) is 43.9 Å². The number of benzene rings is 1. The van der Waals surface area contributed by atoms with Crippen LogP contribution in [-0.2, 0) is 22.6 Å². The van der Waals surface area contributed by atoms with Crippen molar-refractivity contribution in [2.45, 2.75) is 47.1 Å². The number of ether oxygens (including phenoxy) is 1. The van der Waals surface area contributed by atoms with Gasteiger partial charge in [-0.3, -0.25) is 9.48 Å².